The fraction of sp³-hybridized carbons (Fsp3) is 0.467. The van der Waals surface area contributed by atoms with Crippen LogP contribution in [0.2, 0.25) is 0 Å². The van der Waals surface area contributed by atoms with Crippen LogP contribution >= 0.6 is 0 Å². The molecule has 0 N–H and O–H groups in total. The van der Waals surface area contributed by atoms with Gasteiger partial charge in [0.15, 0.2) is 0 Å². The molecule has 0 aliphatic carbocycles. The van der Waals surface area contributed by atoms with Gasteiger partial charge in [-0.15, -0.1) is 0 Å². The molecular formula is C15H21N. The topological polar surface area (TPSA) is 3.24 Å². The van der Waals surface area contributed by atoms with E-state index in [9.17, 15) is 0 Å². The van der Waals surface area contributed by atoms with Gasteiger partial charge in [0.1, 0.15) is 0 Å². The van der Waals surface area contributed by atoms with Crippen molar-refractivity contribution in [3.8, 4) is 0 Å². The molecule has 1 aromatic rings. The fourth-order valence-corrected chi connectivity index (χ4v) is 2.45. The molecule has 1 heterocycles. The van der Waals surface area contributed by atoms with Crippen LogP contribution in [0.5, 0.6) is 0 Å². The van der Waals surface area contributed by atoms with E-state index < -0.39 is 0 Å². The molecule has 0 fully saturated rings. The molecule has 0 unspecified atom stereocenters. The first-order valence-corrected chi connectivity index (χ1v) is 6.17. The number of rotatable bonds is 2. The zero-order chi connectivity index (χ0) is 11.5. The largest absolute Gasteiger partial charge is 0.290 e. The summed E-state index contributed by atoms with van der Waals surface area (Å²) >= 11 is 0. The van der Waals surface area contributed by atoms with Crippen molar-refractivity contribution in [3.63, 3.8) is 0 Å². The third kappa shape index (κ3) is 2.35. The van der Waals surface area contributed by atoms with Crippen LogP contribution < -0.4 is 0 Å². The second-order valence-corrected chi connectivity index (χ2v) is 4.89. The summed E-state index contributed by atoms with van der Waals surface area (Å²) in [6.07, 6.45) is 4.66. The molecule has 0 amide bonds. The van der Waals surface area contributed by atoms with Crippen LogP contribution in [0.3, 0.4) is 0 Å². The number of hydrogen-bond acceptors (Lipinski definition) is 1. The number of nitrogens with zero attached hydrogens (tertiary/aromatic N) is 1. The van der Waals surface area contributed by atoms with Crippen LogP contribution in [0.25, 0.3) is 0 Å². The summed E-state index contributed by atoms with van der Waals surface area (Å²) < 4.78 is 0. The van der Waals surface area contributed by atoms with Crippen LogP contribution in [0.4, 0.5) is 0 Å². The first-order valence-electron chi connectivity index (χ1n) is 6.17. The first-order chi connectivity index (χ1) is 7.68. The summed E-state index contributed by atoms with van der Waals surface area (Å²) in [5, 5.41) is 0. The Morgan fingerprint density at radius 2 is 1.81 bits per heavy atom. The van der Waals surface area contributed by atoms with Crippen molar-refractivity contribution in [1.29, 1.82) is 0 Å². The summed E-state index contributed by atoms with van der Waals surface area (Å²) in [7, 11) is 0. The molecule has 0 aromatic heterocycles. The summed E-state index contributed by atoms with van der Waals surface area (Å²) in [5.74, 6) is 0.669. The Morgan fingerprint density at radius 1 is 1.12 bits per heavy atom. The van der Waals surface area contributed by atoms with E-state index in [1.165, 1.54) is 5.56 Å². The predicted molar refractivity (Wildman–Crippen MR) is 69.3 cm³/mol. The van der Waals surface area contributed by atoms with E-state index in [2.05, 4.69) is 68.2 Å². The van der Waals surface area contributed by atoms with Crippen molar-refractivity contribution in [2.75, 3.05) is 6.54 Å². The number of benzene rings is 1. The molecule has 0 saturated heterocycles. The Bertz CT molecular complexity index is 355. The monoisotopic (exact) mass is 215 g/mol. The maximum atomic E-state index is 2.57. The Labute approximate surface area is 98.8 Å². The Kier molecular flexibility index (Phi) is 3.45. The molecule has 0 saturated carbocycles. The van der Waals surface area contributed by atoms with Gasteiger partial charge in [-0.3, -0.25) is 4.90 Å². The van der Waals surface area contributed by atoms with Crippen LogP contribution in [0.15, 0.2) is 42.5 Å². The lowest BCUT2D eigenvalue weighted by molar-refractivity contribution is 0.155. The minimum atomic E-state index is 0.503. The lowest BCUT2D eigenvalue weighted by Crippen LogP contribution is -2.39. The van der Waals surface area contributed by atoms with Crippen molar-refractivity contribution in [1.82, 2.24) is 4.90 Å². The molecule has 2 rings (SSSR count). The van der Waals surface area contributed by atoms with Crippen LogP contribution in [-0.4, -0.2) is 17.5 Å². The highest BCUT2D eigenvalue weighted by Gasteiger charge is 2.23. The average molecular weight is 215 g/mol. The Hall–Kier alpha value is -1.08. The van der Waals surface area contributed by atoms with E-state index in [1.807, 2.05) is 0 Å². The summed E-state index contributed by atoms with van der Waals surface area (Å²) in [6, 6.07) is 11.8. The van der Waals surface area contributed by atoms with Gasteiger partial charge in [0, 0.05) is 18.6 Å². The van der Waals surface area contributed by atoms with E-state index in [-0.39, 0.29) is 0 Å². The van der Waals surface area contributed by atoms with Gasteiger partial charge < -0.3 is 0 Å². The van der Waals surface area contributed by atoms with Gasteiger partial charge in [0.2, 0.25) is 0 Å². The highest BCUT2D eigenvalue weighted by atomic mass is 15.2. The van der Waals surface area contributed by atoms with Crippen molar-refractivity contribution < 1.29 is 0 Å². The van der Waals surface area contributed by atoms with Crippen LogP contribution in [0.1, 0.15) is 32.4 Å². The normalized spacial score (nSPS) is 27.9. The highest BCUT2D eigenvalue weighted by molar-refractivity contribution is 5.19. The van der Waals surface area contributed by atoms with E-state index in [0.29, 0.717) is 18.0 Å². The van der Waals surface area contributed by atoms with E-state index in [4.69, 9.17) is 0 Å². The molecule has 3 atom stereocenters. The minimum absolute atomic E-state index is 0.503. The van der Waals surface area contributed by atoms with E-state index >= 15 is 0 Å². The lowest BCUT2D eigenvalue weighted by atomic mass is 9.98. The second kappa shape index (κ2) is 4.84. The Balaban J connectivity index is 2.16. The van der Waals surface area contributed by atoms with Crippen molar-refractivity contribution in [2.24, 2.45) is 5.92 Å². The third-order valence-corrected chi connectivity index (χ3v) is 3.52. The molecular weight excluding hydrogens is 194 g/mol. The SMILES string of the molecule is C[C@H]1C=C[C@H](C)N([C@@H](C)c2ccccc2)C1. The molecule has 1 heteroatoms. The molecule has 16 heavy (non-hydrogen) atoms. The molecule has 0 radical (unpaired) electrons. The van der Waals surface area contributed by atoms with E-state index in [1.54, 1.807) is 0 Å². The number of hydrogen-bond donors (Lipinski definition) is 0. The van der Waals surface area contributed by atoms with Gasteiger partial charge in [-0.1, -0.05) is 49.4 Å². The Morgan fingerprint density at radius 3 is 2.50 bits per heavy atom. The van der Waals surface area contributed by atoms with Gasteiger partial charge in [0.05, 0.1) is 0 Å². The van der Waals surface area contributed by atoms with Crippen molar-refractivity contribution in [2.45, 2.75) is 32.9 Å². The molecule has 1 nitrogen and oxygen atoms in total. The van der Waals surface area contributed by atoms with Gasteiger partial charge in [0.25, 0.3) is 0 Å². The van der Waals surface area contributed by atoms with Crippen molar-refractivity contribution in [3.05, 3.63) is 48.0 Å². The molecule has 86 valence electrons. The second-order valence-electron chi connectivity index (χ2n) is 4.89. The van der Waals surface area contributed by atoms with Gasteiger partial charge in [-0.2, -0.15) is 0 Å². The summed E-state index contributed by atoms with van der Waals surface area (Å²) in [6.45, 7) is 8.03. The van der Waals surface area contributed by atoms with Crippen LogP contribution in [0, 0.1) is 5.92 Å². The fourth-order valence-electron chi connectivity index (χ4n) is 2.45. The minimum Gasteiger partial charge on any atom is -0.290 e. The zero-order valence-corrected chi connectivity index (χ0v) is 10.4. The molecule has 1 aliphatic rings. The average Bonchev–Trinajstić information content (AvgIpc) is 2.32. The van der Waals surface area contributed by atoms with Crippen LogP contribution in [-0.2, 0) is 0 Å². The van der Waals surface area contributed by atoms with Gasteiger partial charge in [-0.25, -0.2) is 0 Å². The summed E-state index contributed by atoms with van der Waals surface area (Å²) in [5.41, 5.74) is 1.41. The van der Waals surface area contributed by atoms with E-state index in [0.717, 1.165) is 6.54 Å². The lowest BCUT2D eigenvalue weighted by Gasteiger charge is -2.37. The molecule has 0 spiro atoms. The smallest absolute Gasteiger partial charge is 0.0325 e. The summed E-state index contributed by atoms with van der Waals surface area (Å²) in [4.78, 5) is 2.57. The standard InChI is InChI=1S/C15H21N/c1-12-9-10-13(2)16(11-12)14(3)15-7-5-4-6-8-15/h4-10,12-14H,11H2,1-3H3/t12-,13-,14-/m0/s1. The first kappa shape index (κ1) is 11.4. The van der Waals surface area contributed by atoms with Gasteiger partial charge in [-0.05, 0) is 25.3 Å². The maximum absolute atomic E-state index is 2.57. The quantitative estimate of drug-likeness (QED) is 0.681. The molecule has 1 aromatic carbocycles. The maximum Gasteiger partial charge on any atom is 0.0325 e. The van der Waals surface area contributed by atoms with Gasteiger partial charge >= 0.3 is 0 Å². The predicted octanol–water partition coefficient (Wildman–Crippen LogP) is 3.64. The molecule has 0 bridgehead atoms. The zero-order valence-electron chi connectivity index (χ0n) is 10.4. The van der Waals surface area contributed by atoms with Crippen molar-refractivity contribution >= 4 is 0 Å². The third-order valence-electron chi connectivity index (χ3n) is 3.52. The highest BCUT2D eigenvalue weighted by Crippen LogP contribution is 2.26. The molecule has 1 aliphatic heterocycles.